The summed E-state index contributed by atoms with van der Waals surface area (Å²) in [5, 5.41) is 0. The third kappa shape index (κ3) is 5.07. The molecule has 1 aromatic heterocycles. The molecule has 156 valence electrons. The number of hydrogen-bond acceptors (Lipinski definition) is 7. The zero-order valence-electron chi connectivity index (χ0n) is 17.3. The Morgan fingerprint density at radius 3 is 2.19 bits per heavy atom. The summed E-state index contributed by atoms with van der Waals surface area (Å²) < 4.78 is 9.22. The highest BCUT2D eigenvalue weighted by atomic mass is 32.2. The summed E-state index contributed by atoms with van der Waals surface area (Å²) in [5.74, 6) is 1.47. The first-order valence-electron chi connectivity index (χ1n) is 9.75. The number of nitrogens with two attached hydrogens (primary N) is 2. The first-order valence-corrected chi connectivity index (χ1v) is 10.6. The molecular formula is C24H23N5OS. The van der Waals surface area contributed by atoms with Gasteiger partial charge in [0.05, 0.1) is 5.69 Å². The van der Waals surface area contributed by atoms with Gasteiger partial charge in [-0.25, -0.2) is 4.98 Å². The number of aryl methyl sites for hydroxylation is 2. The van der Waals surface area contributed by atoms with Gasteiger partial charge in [0.15, 0.2) is 0 Å². The van der Waals surface area contributed by atoms with Gasteiger partial charge in [-0.1, -0.05) is 30.3 Å². The molecule has 0 atom stereocenters. The average molecular weight is 430 g/mol. The van der Waals surface area contributed by atoms with Crippen molar-refractivity contribution >= 4 is 29.3 Å². The minimum atomic E-state index is 0.425. The van der Waals surface area contributed by atoms with E-state index in [-0.39, 0.29) is 0 Å². The summed E-state index contributed by atoms with van der Waals surface area (Å²) in [4.78, 5) is 10.2. The monoisotopic (exact) mass is 429 g/mol. The van der Waals surface area contributed by atoms with Gasteiger partial charge in [0.1, 0.15) is 5.75 Å². The van der Waals surface area contributed by atoms with Gasteiger partial charge in [-0.2, -0.15) is 4.98 Å². The number of anilines is 3. The van der Waals surface area contributed by atoms with Gasteiger partial charge in [0.25, 0.3) is 0 Å². The quantitative estimate of drug-likeness (QED) is 0.262. The summed E-state index contributed by atoms with van der Waals surface area (Å²) in [7, 11) is 0. The fourth-order valence-corrected chi connectivity index (χ4v) is 3.89. The van der Waals surface area contributed by atoms with Crippen LogP contribution in [0.1, 0.15) is 11.1 Å². The minimum Gasteiger partial charge on any atom is -0.439 e. The summed E-state index contributed by atoms with van der Waals surface area (Å²) in [6, 6.07) is 22.9. The van der Waals surface area contributed by atoms with Crippen LogP contribution in [0.25, 0.3) is 11.3 Å². The van der Waals surface area contributed by atoms with Crippen molar-refractivity contribution in [1.29, 1.82) is 0 Å². The van der Waals surface area contributed by atoms with Crippen molar-refractivity contribution in [3.05, 3.63) is 83.9 Å². The fourth-order valence-electron chi connectivity index (χ4n) is 3.25. The molecule has 0 aliphatic rings. The zero-order valence-corrected chi connectivity index (χ0v) is 18.1. The van der Waals surface area contributed by atoms with Crippen molar-refractivity contribution in [1.82, 2.24) is 9.97 Å². The maximum Gasteiger partial charge on any atom is 0.237 e. The third-order valence-electron chi connectivity index (χ3n) is 4.64. The van der Waals surface area contributed by atoms with E-state index in [1.807, 2.05) is 54.6 Å². The predicted molar refractivity (Wildman–Crippen MR) is 128 cm³/mol. The standard InChI is InChI=1S/C24H23N5OS/c1-15-6-3-7-16(2)23(15)21-14-22(30-19-10-4-8-17(25)12-19)28-24(27-21)29-31-20-11-5-9-18(26)13-20/h3-14H,25-26H2,1-2H3,(H,27,28,29). The van der Waals surface area contributed by atoms with Crippen LogP contribution >= 0.6 is 11.9 Å². The molecular weight excluding hydrogens is 406 g/mol. The molecule has 4 rings (SSSR count). The van der Waals surface area contributed by atoms with Gasteiger partial charge in [-0.05, 0) is 67.3 Å². The van der Waals surface area contributed by atoms with E-state index in [9.17, 15) is 0 Å². The van der Waals surface area contributed by atoms with Crippen LogP contribution in [0.2, 0.25) is 0 Å². The molecule has 31 heavy (non-hydrogen) atoms. The first-order chi connectivity index (χ1) is 15.0. The topological polar surface area (TPSA) is 99.1 Å². The van der Waals surface area contributed by atoms with Gasteiger partial charge >= 0.3 is 0 Å². The molecule has 0 radical (unpaired) electrons. The number of aromatic nitrogens is 2. The van der Waals surface area contributed by atoms with Crippen LogP contribution in [0.5, 0.6) is 11.6 Å². The number of benzene rings is 3. The predicted octanol–water partition coefficient (Wildman–Crippen LogP) is 5.84. The summed E-state index contributed by atoms with van der Waals surface area (Å²) >= 11 is 1.39. The average Bonchev–Trinajstić information content (AvgIpc) is 2.72. The Labute approximate surface area is 185 Å². The minimum absolute atomic E-state index is 0.425. The lowest BCUT2D eigenvalue weighted by Crippen LogP contribution is -2.01. The Morgan fingerprint density at radius 2 is 1.48 bits per heavy atom. The van der Waals surface area contributed by atoms with Gasteiger partial charge in [-0.3, -0.25) is 4.72 Å². The van der Waals surface area contributed by atoms with Crippen LogP contribution in [0.3, 0.4) is 0 Å². The molecule has 0 fully saturated rings. The molecule has 0 saturated heterocycles. The number of nitrogen functional groups attached to an aromatic ring is 2. The van der Waals surface area contributed by atoms with Crippen LogP contribution in [0.15, 0.2) is 77.7 Å². The van der Waals surface area contributed by atoms with Gasteiger partial charge in [-0.15, -0.1) is 0 Å². The van der Waals surface area contributed by atoms with Crippen molar-refractivity contribution in [3.8, 4) is 22.9 Å². The summed E-state index contributed by atoms with van der Waals surface area (Å²) in [6.45, 7) is 4.13. The number of nitrogens with zero attached hydrogens (tertiary/aromatic N) is 2. The van der Waals surface area contributed by atoms with Crippen molar-refractivity contribution in [2.24, 2.45) is 0 Å². The fraction of sp³-hybridized carbons (Fsp3) is 0.0833. The Kier molecular flexibility index (Phi) is 5.95. The third-order valence-corrected chi connectivity index (χ3v) is 5.41. The molecule has 7 heteroatoms. The molecule has 4 aromatic rings. The van der Waals surface area contributed by atoms with Gasteiger partial charge in [0, 0.05) is 34.0 Å². The lowest BCUT2D eigenvalue weighted by atomic mass is 10.00. The van der Waals surface area contributed by atoms with Crippen molar-refractivity contribution in [2.45, 2.75) is 18.7 Å². The van der Waals surface area contributed by atoms with E-state index in [2.05, 4.69) is 35.7 Å². The molecule has 0 bridgehead atoms. The number of hydrogen-bond donors (Lipinski definition) is 3. The molecule has 0 aliphatic carbocycles. The van der Waals surface area contributed by atoms with Crippen LogP contribution in [0.4, 0.5) is 17.3 Å². The maximum absolute atomic E-state index is 6.01. The van der Waals surface area contributed by atoms with Crippen LogP contribution < -0.4 is 20.9 Å². The first kappa shape index (κ1) is 20.6. The van der Waals surface area contributed by atoms with E-state index < -0.39 is 0 Å². The van der Waals surface area contributed by atoms with E-state index in [4.69, 9.17) is 21.2 Å². The van der Waals surface area contributed by atoms with E-state index in [0.717, 1.165) is 27.3 Å². The lowest BCUT2D eigenvalue weighted by molar-refractivity contribution is 0.463. The van der Waals surface area contributed by atoms with Gasteiger partial charge in [0.2, 0.25) is 11.8 Å². The Bertz CT molecular complexity index is 1210. The van der Waals surface area contributed by atoms with E-state index in [1.54, 1.807) is 6.07 Å². The van der Waals surface area contributed by atoms with Crippen molar-refractivity contribution in [2.75, 3.05) is 16.2 Å². The Balaban J connectivity index is 1.71. The van der Waals surface area contributed by atoms with Crippen LogP contribution in [0, 0.1) is 13.8 Å². The molecule has 0 spiro atoms. The SMILES string of the molecule is Cc1cccc(C)c1-c1cc(Oc2cccc(N)c2)nc(NSc2cccc(N)c2)n1. The lowest BCUT2D eigenvalue weighted by Gasteiger charge is -2.13. The molecule has 0 saturated carbocycles. The highest BCUT2D eigenvalue weighted by molar-refractivity contribution is 8.00. The highest BCUT2D eigenvalue weighted by Crippen LogP contribution is 2.32. The molecule has 5 N–H and O–H groups in total. The summed E-state index contributed by atoms with van der Waals surface area (Å²) in [5.41, 5.74) is 17.2. The molecule has 0 amide bonds. The van der Waals surface area contributed by atoms with Crippen LogP contribution in [-0.4, -0.2) is 9.97 Å². The molecule has 0 unspecified atom stereocenters. The highest BCUT2D eigenvalue weighted by Gasteiger charge is 2.13. The van der Waals surface area contributed by atoms with Crippen molar-refractivity contribution < 1.29 is 4.74 Å². The zero-order chi connectivity index (χ0) is 21.8. The second kappa shape index (κ2) is 8.97. The van der Waals surface area contributed by atoms with Crippen molar-refractivity contribution in [3.63, 3.8) is 0 Å². The number of ether oxygens (including phenoxy) is 1. The van der Waals surface area contributed by atoms with Gasteiger partial charge < -0.3 is 16.2 Å². The molecule has 3 aromatic carbocycles. The molecule has 0 aliphatic heterocycles. The number of rotatable bonds is 6. The number of nitrogens with one attached hydrogen (secondary N) is 1. The Hall–Kier alpha value is -3.71. The van der Waals surface area contributed by atoms with E-state index in [0.29, 0.717) is 29.0 Å². The summed E-state index contributed by atoms with van der Waals surface area (Å²) in [6.07, 6.45) is 0. The normalized spacial score (nSPS) is 10.6. The largest absolute Gasteiger partial charge is 0.439 e. The molecule has 1 heterocycles. The molecule has 6 nitrogen and oxygen atoms in total. The smallest absolute Gasteiger partial charge is 0.237 e. The second-order valence-electron chi connectivity index (χ2n) is 7.13. The second-order valence-corrected chi connectivity index (χ2v) is 8.01. The van der Waals surface area contributed by atoms with Crippen LogP contribution in [-0.2, 0) is 0 Å². The maximum atomic E-state index is 6.01. The Morgan fingerprint density at radius 1 is 0.806 bits per heavy atom. The van der Waals surface area contributed by atoms with E-state index >= 15 is 0 Å². The van der Waals surface area contributed by atoms with E-state index in [1.165, 1.54) is 11.9 Å².